The maximum absolute atomic E-state index is 12.2. The number of carbonyl (C=O) groups excluding carboxylic acids is 2. The van der Waals surface area contributed by atoms with Crippen LogP contribution in [0.25, 0.3) is 0 Å². The van der Waals surface area contributed by atoms with Crippen LogP contribution in [0.1, 0.15) is 38.0 Å². The molecule has 0 fully saturated rings. The second-order valence-electron chi connectivity index (χ2n) is 5.44. The predicted octanol–water partition coefficient (Wildman–Crippen LogP) is 2.93. The number of hydrogen-bond acceptors (Lipinski definition) is 5. The lowest BCUT2D eigenvalue weighted by molar-refractivity contribution is -0.162. The minimum Gasteiger partial charge on any atom is -0.469 e. The molecule has 0 aliphatic rings. The number of ether oxygens (including phenoxy) is 1. The molecule has 22 heavy (non-hydrogen) atoms. The smallest absolute Gasteiger partial charge is 0.303 e. The summed E-state index contributed by atoms with van der Waals surface area (Å²) < 4.78 is 10.5. The predicted molar refractivity (Wildman–Crippen MR) is 83.7 cm³/mol. The number of thiophene rings is 1. The van der Waals surface area contributed by atoms with Crippen molar-refractivity contribution in [1.82, 2.24) is 5.32 Å². The Bertz CT molecular complexity index is 582. The van der Waals surface area contributed by atoms with Gasteiger partial charge in [0.15, 0.2) is 5.60 Å². The molecule has 1 atom stereocenters. The summed E-state index contributed by atoms with van der Waals surface area (Å²) in [4.78, 5) is 23.3. The van der Waals surface area contributed by atoms with E-state index in [0.717, 1.165) is 11.3 Å². The standard InChI is InChI=1S/C16H19NO4S/c1-11(18)21-16(2,3)15(19)17-9-13(12-6-8-22-10-12)14-5-4-7-20-14/h4-8,10,13H,9H2,1-3H3,(H,17,19). The number of rotatable bonds is 6. The van der Waals surface area contributed by atoms with Gasteiger partial charge in [-0.15, -0.1) is 0 Å². The molecule has 5 nitrogen and oxygen atoms in total. The highest BCUT2D eigenvalue weighted by Gasteiger charge is 2.31. The van der Waals surface area contributed by atoms with Gasteiger partial charge >= 0.3 is 5.97 Å². The van der Waals surface area contributed by atoms with Crippen LogP contribution < -0.4 is 5.32 Å². The van der Waals surface area contributed by atoms with Crippen LogP contribution in [0.15, 0.2) is 39.6 Å². The number of esters is 1. The van der Waals surface area contributed by atoms with E-state index in [-0.39, 0.29) is 11.8 Å². The first kappa shape index (κ1) is 16.3. The number of furan rings is 1. The summed E-state index contributed by atoms with van der Waals surface area (Å²) in [5.41, 5.74) is -0.126. The van der Waals surface area contributed by atoms with E-state index in [0.29, 0.717) is 6.54 Å². The first-order chi connectivity index (χ1) is 10.4. The Morgan fingerprint density at radius 1 is 1.41 bits per heavy atom. The number of hydrogen-bond donors (Lipinski definition) is 1. The molecule has 0 aliphatic carbocycles. The molecule has 1 N–H and O–H groups in total. The Labute approximate surface area is 133 Å². The zero-order chi connectivity index (χ0) is 16.2. The van der Waals surface area contributed by atoms with Crippen molar-refractivity contribution in [3.63, 3.8) is 0 Å². The first-order valence-corrected chi connectivity index (χ1v) is 7.88. The summed E-state index contributed by atoms with van der Waals surface area (Å²) in [6, 6.07) is 5.70. The zero-order valence-corrected chi connectivity index (χ0v) is 13.6. The highest BCUT2D eigenvalue weighted by molar-refractivity contribution is 7.08. The molecule has 6 heteroatoms. The average molecular weight is 321 g/mol. The van der Waals surface area contributed by atoms with E-state index < -0.39 is 11.6 Å². The minimum atomic E-state index is -1.20. The van der Waals surface area contributed by atoms with Crippen LogP contribution in [-0.2, 0) is 14.3 Å². The molecular formula is C16H19NO4S. The lowest BCUT2D eigenvalue weighted by Crippen LogP contribution is -2.46. The molecule has 0 saturated heterocycles. The first-order valence-electron chi connectivity index (χ1n) is 6.93. The van der Waals surface area contributed by atoms with E-state index in [4.69, 9.17) is 9.15 Å². The summed E-state index contributed by atoms with van der Waals surface area (Å²) in [6.45, 7) is 4.78. The zero-order valence-electron chi connectivity index (χ0n) is 12.8. The molecular weight excluding hydrogens is 302 g/mol. The highest BCUT2D eigenvalue weighted by atomic mass is 32.1. The molecule has 2 aromatic heterocycles. The second-order valence-corrected chi connectivity index (χ2v) is 6.22. The van der Waals surface area contributed by atoms with Crippen LogP contribution >= 0.6 is 11.3 Å². The maximum Gasteiger partial charge on any atom is 0.303 e. The van der Waals surface area contributed by atoms with E-state index in [1.165, 1.54) is 6.92 Å². The van der Waals surface area contributed by atoms with Gasteiger partial charge in [0.25, 0.3) is 5.91 Å². The second kappa shape index (κ2) is 6.79. The Balaban J connectivity index is 2.06. The summed E-state index contributed by atoms with van der Waals surface area (Å²) in [5.74, 6) is -0.114. The van der Waals surface area contributed by atoms with Crippen molar-refractivity contribution < 1.29 is 18.7 Å². The van der Waals surface area contributed by atoms with Gasteiger partial charge in [-0.05, 0) is 48.4 Å². The fraction of sp³-hybridized carbons (Fsp3) is 0.375. The molecule has 118 valence electrons. The van der Waals surface area contributed by atoms with Gasteiger partial charge in [-0.3, -0.25) is 9.59 Å². The number of amides is 1. The summed E-state index contributed by atoms with van der Waals surface area (Å²) in [6.07, 6.45) is 1.61. The van der Waals surface area contributed by atoms with Crippen molar-refractivity contribution in [2.75, 3.05) is 6.54 Å². The van der Waals surface area contributed by atoms with Crippen molar-refractivity contribution in [1.29, 1.82) is 0 Å². The van der Waals surface area contributed by atoms with Gasteiger partial charge in [0.2, 0.25) is 0 Å². The van der Waals surface area contributed by atoms with Gasteiger partial charge in [0.1, 0.15) is 5.76 Å². The minimum absolute atomic E-state index is 0.0710. The number of nitrogens with one attached hydrogen (secondary N) is 1. The molecule has 0 aliphatic heterocycles. The third-order valence-electron chi connectivity index (χ3n) is 3.24. The quantitative estimate of drug-likeness (QED) is 0.831. The molecule has 0 radical (unpaired) electrons. The Morgan fingerprint density at radius 3 is 2.73 bits per heavy atom. The van der Waals surface area contributed by atoms with Crippen molar-refractivity contribution in [2.45, 2.75) is 32.3 Å². The third kappa shape index (κ3) is 3.98. The molecule has 0 saturated carbocycles. The molecule has 0 bridgehead atoms. The fourth-order valence-corrected chi connectivity index (χ4v) is 2.87. The maximum atomic E-state index is 12.2. The van der Waals surface area contributed by atoms with Gasteiger partial charge < -0.3 is 14.5 Å². The fourth-order valence-electron chi connectivity index (χ4n) is 2.16. The molecule has 1 unspecified atom stereocenters. The van der Waals surface area contributed by atoms with Crippen LogP contribution in [0.5, 0.6) is 0 Å². The van der Waals surface area contributed by atoms with E-state index in [2.05, 4.69) is 5.32 Å². The van der Waals surface area contributed by atoms with E-state index in [1.807, 2.05) is 29.0 Å². The Morgan fingerprint density at radius 2 is 2.18 bits per heavy atom. The van der Waals surface area contributed by atoms with Crippen molar-refractivity contribution in [2.24, 2.45) is 0 Å². The van der Waals surface area contributed by atoms with Crippen molar-refractivity contribution >= 4 is 23.2 Å². The van der Waals surface area contributed by atoms with Gasteiger partial charge in [-0.25, -0.2) is 0 Å². The van der Waals surface area contributed by atoms with E-state index in [9.17, 15) is 9.59 Å². The monoisotopic (exact) mass is 321 g/mol. The summed E-state index contributed by atoms with van der Waals surface area (Å²) in [7, 11) is 0. The van der Waals surface area contributed by atoms with Crippen LogP contribution in [0.3, 0.4) is 0 Å². The number of carbonyl (C=O) groups is 2. The Kier molecular flexibility index (Phi) is 5.03. The lowest BCUT2D eigenvalue weighted by Gasteiger charge is -2.24. The van der Waals surface area contributed by atoms with Crippen molar-refractivity contribution in [3.8, 4) is 0 Å². The molecule has 2 aromatic rings. The van der Waals surface area contributed by atoms with E-state index >= 15 is 0 Å². The molecule has 2 heterocycles. The molecule has 0 spiro atoms. The SMILES string of the molecule is CC(=O)OC(C)(C)C(=O)NCC(c1ccsc1)c1ccco1. The van der Waals surface area contributed by atoms with Crippen LogP contribution in [0.2, 0.25) is 0 Å². The summed E-state index contributed by atoms with van der Waals surface area (Å²) in [5, 5.41) is 6.84. The molecule has 1 amide bonds. The van der Waals surface area contributed by atoms with Crippen LogP contribution in [0.4, 0.5) is 0 Å². The average Bonchev–Trinajstić information content (AvgIpc) is 3.10. The molecule has 2 rings (SSSR count). The van der Waals surface area contributed by atoms with Gasteiger partial charge in [0.05, 0.1) is 12.2 Å². The Hall–Kier alpha value is -2.08. The normalized spacial score (nSPS) is 12.7. The largest absolute Gasteiger partial charge is 0.469 e. The summed E-state index contributed by atoms with van der Waals surface area (Å²) >= 11 is 1.59. The molecule has 0 aromatic carbocycles. The van der Waals surface area contributed by atoms with Gasteiger partial charge in [-0.1, -0.05) is 0 Å². The topological polar surface area (TPSA) is 68.5 Å². The van der Waals surface area contributed by atoms with Crippen molar-refractivity contribution in [3.05, 3.63) is 46.5 Å². The van der Waals surface area contributed by atoms with Crippen LogP contribution in [-0.4, -0.2) is 24.0 Å². The van der Waals surface area contributed by atoms with Crippen LogP contribution in [0, 0.1) is 0 Å². The van der Waals surface area contributed by atoms with E-state index in [1.54, 1.807) is 31.4 Å². The highest BCUT2D eigenvalue weighted by Crippen LogP contribution is 2.26. The lowest BCUT2D eigenvalue weighted by atomic mass is 9.99. The van der Waals surface area contributed by atoms with Gasteiger partial charge in [0, 0.05) is 13.5 Å². The van der Waals surface area contributed by atoms with Gasteiger partial charge in [-0.2, -0.15) is 11.3 Å². The third-order valence-corrected chi connectivity index (χ3v) is 3.95.